The maximum absolute atomic E-state index is 5.98. The number of hydrogen-bond donors (Lipinski definition) is 1. The van der Waals surface area contributed by atoms with Crippen LogP contribution in [0.5, 0.6) is 0 Å². The van der Waals surface area contributed by atoms with Crippen LogP contribution in [0.2, 0.25) is 0 Å². The van der Waals surface area contributed by atoms with Crippen LogP contribution in [0.1, 0.15) is 28.4 Å². The molecule has 0 aliphatic heterocycles. The van der Waals surface area contributed by atoms with Crippen molar-refractivity contribution in [1.82, 2.24) is 10.3 Å². The van der Waals surface area contributed by atoms with E-state index in [0.717, 1.165) is 33.8 Å². The molecule has 0 radical (unpaired) electrons. The summed E-state index contributed by atoms with van der Waals surface area (Å²) in [5, 5.41) is 5.82. The molecule has 0 bridgehead atoms. The van der Waals surface area contributed by atoms with E-state index in [1.807, 2.05) is 24.4 Å². The smallest absolute Gasteiger partial charge is 0.135 e. The molecule has 0 fully saturated rings. The van der Waals surface area contributed by atoms with Crippen LogP contribution in [-0.4, -0.2) is 4.98 Å². The predicted molar refractivity (Wildman–Crippen MR) is 104 cm³/mol. The number of hydrogen-bond acceptors (Lipinski definition) is 4. The second kappa shape index (κ2) is 6.82. The van der Waals surface area contributed by atoms with Gasteiger partial charge in [-0.15, -0.1) is 11.3 Å². The molecule has 2 aromatic carbocycles. The summed E-state index contributed by atoms with van der Waals surface area (Å²) in [6, 6.07) is 18.9. The predicted octanol–water partition coefficient (Wildman–Crippen LogP) is 5.72. The maximum atomic E-state index is 5.98. The average molecular weight is 348 g/mol. The van der Waals surface area contributed by atoms with Crippen molar-refractivity contribution in [3.8, 4) is 11.3 Å². The van der Waals surface area contributed by atoms with Crippen molar-refractivity contribution in [3.63, 3.8) is 0 Å². The Morgan fingerprint density at radius 2 is 1.96 bits per heavy atom. The minimum absolute atomic E-state index is 0.249. The molecule has 4 aromatic rings. The van der Waals surface area contributed by atoms with Crippen LogP contribution >= 0.6 is 11.3 Å². The SMILES string of the molecule is Cc1cnc([C@H](C)NCc2ccc3oc(-c4ccccc4)cc3c2)s1. The monoisotopic (exact) mass is 348 g/mol. The highest BCUT2D eigenvalue weighted by Gasteiger charge is 2.10. The zero-order chi connectivity index (χ0) is 17.2. The van der Waals surface area contributed by atoms with Crippen molar-refractivity contribution in [1.29, 1.82) is 0 Å². The number of nitrogens with zero attached hydrogens (tertiary/aromatic N) is 1. The van der Waals surface area contributed by atoms with Gasteiger partial charge in [0.25, 0.3) is 0 Å². The highest BCUT2D eigenvalue weighted by atomic mass is 32.1. The van der Waals surface area contributed by atoms with Gasteiger partial charge in [-0.3, -0.25) is 0 Å². The zero-order valence-electron chi connectivity index (χ0n) is 14.3. The van der Waals surface area contributed by atoms with Crippen molar-refractivity contribution < 1.29 is 4.42 Å². The molecular weight excluding hydrogens is 328 g/mol. The van der Waals surface area contributed by atoms with Gasteiger partial charge in [0.1, 0.15) is 16.4 Å². The van der Waals surface area contributed by atoms with Gasteiger partial charge < -0.3 is 9.73 Å². The van der Waals surface area contributed by atoms with Crippen LogP contribution in [0.25, 0.3) is 22.3 Å². The van der Waals surface area contributed by atoms with E-state index in [4.69, 9.17) is 4.42 Å². The van der Waals surface area contributed by atoms with E-state index in [-0.39, 0.29) is 6.04 Å². The van der Waals surface area contributed by atoms with Crippen molar-refractivity contribution >= 4 is 22.3 Å². The fourth-order valence-electron chi connectivity index (χ4n) is 2.88. The summed E-state index contributed by atoms with van der Waals surface area (Å²) in [5.74, 6) is 0.910. The average Bonchev–Trinajstić information content (AvgIpc) is 3.26. The molecule has 0 aliphatic rings. The fraction of sp³-hybridized carbons (Fsp3) is 0.190. The van der Waals surface area contributed by atoms with Crippen molar-refractivity contribution in [3.05, 3.63) is 76.2 Å². The van der Waals surface area contributed by atoms with E-state index in [0.29, 0.717) is 0 Å². The maximum Gasteiger partial charge on any atom is 0.135 e. The van der Waals surface area contributed by atoms with Crippen LogP contribution in [0.15, 0.2) is 65.2 Å². The highest BCUT2D eigenvalue weighted by Crippen LogP contribution is 2.28. The molecule has 1 N–H and O–H groups in total. The fourth-order valence-corrected chi connectivity index (χ4v) is 3.68. The Morgan fingerprint density at radius 1 is 1.12 bits per heavy atom. The van der Waals surface area contributed by atoms with E-state index < -0.39 is 0 Å². The number of thiazole rings is 1. The summed E-state index contributed by atoms with van der Waals surface area (Å²) in [4.78, 5) is 5.70. The lowest BCUT2D eigenvalue weighted by Crippen LogP contribution is -2.17. The third kappa shape index (κ3) is 3.50. The Morgan fingerprint density at radius 3 is 2.72 bits per heavy atom. The highest BCUT2D eigenvalue weighted by molar-refractivity contribution is 7.11. The lowest BCUT2D eigenvalue weighted by atomic mass is 10.1. The lowest BCUT2D eigenvalue weighted by molar-refractivity contribution is 0.572. The summed E-state index contributed by atoms with van der Waals surface area (Å²) in [6.07, 6.45) is 1.93. The number of benzene rings is 2. The van der Waals surface area contributed by atoms with Gasteiger partial charge in [-0.2, -0.15) is 0 Å². The summed E-state index contributed by atoms with van der Waals surface area (Å²) < 4.78 is 5.98. The molecule has 0 unspecified atom stereocenters. The molecule has 2 aromatic heterocycles. The summed E-state index contributed by atoms with van der Waals surface area (Å²) in [5.41, 5.74) is 3.27. The molecule has 0 saturated carbocycles. The van der Waals surface area contributed by atoms with Crippen molar-refractivity contribution in [2.75, 3.05) is 0 Å². The molecule has 126 valence electrons. The van der Waals surface area contributed by atoms with Crippen LogP contribution in [-0.2, 0) is 6.54 Å². The van der Waals surface area contributed by atoms with Gasteiger partial charge in [0, 0.05) is 28.6 Å². The zero-order valence-corrected chi connectivity index (χ0v) is 15.1. The lowest BCUT2D eigenvalue weighted by Gasteiger charge is -2.11. The molecule has 0 aliphatic carbocycles. The Kier molecular flexibility index (Phi) is 4.38. The van der Waals surface area contributed by atoms with E-state index >= 15 is 0 Å². The first-order chi connectivity index (χ1) is 12.2. The van der Waals surface area contributed by atoms with Crippen LogP contribution in [0.4, 0.5) is 0 Å². The van der Waals surface area contributed by atoms with E-state index in [1.54, 1.807) is 11.3 Å². The number of furan rings is 1. The number of rotatable bonds is 5. The number of aromatic nitrogens is 1. The third-order valence-electron chi connectivity index (χ3n) is 4.26. The van der Waals surface area contributed by atoms with E-state index in [2.05, 4.69) is 60.5 Å². The van der Waals surface area contributed by atoms with E-state index in [9.17, 15) is 0 Å². The van der Waals surface area contributed by atoms with Crippen molar-refractivity contribution in [2.45, 2.75) is 26.4 Å². The van der Waals surface area contributed by atoms with Crippen molar-refractivity contribution in [2.24, 2.45) is 0 Å². The first-order valence-corrected chi connectivity index (χ1v) is 9.24. The van der Waals surface area contributed by atoms with Gasteiger partial charge >= 0.3 is 0 Å². The molecule has 0 amide bonds. The Bertz CT molecular complexity index is 987. The van der Waals surface area contributed by atoms with Gasteiger partial charge in [0.2, 0.25) is 0 Å². The number of fused-ring (bicyclic) bond motifs is 1. The van der Waals surface area contributed by atoms with Gasteiger partial charge in [-0.25, -0.2) is 4.98 Å². The summed E-state index contributed by atoms with van der Waals surface area (Å²) in [6.45, 7) is 5.05. The second-order valence-corrected chi connectivity index (χ2v) is 7.53. The van der Waals surface area contributed by atoms with Gasteiger partial charge in [-0.05, 0) is 37.6 Å². The summed E-state index contributed by atoms with van der Waals surface area (Å²) in [7, 11) is 0. The third-order valence-corrected chi connectivity index (χ3v) is 5.36. The standard InChI is InChI=1S/C21H20N2OS/c1-14-12-23-21(25-14)15(2)22-13-16-8-9-19-18(10-16)11-20(24-19)17-6-4-3-5-7-17/h3-12,15,22H,13H2,1-2H3/t15-/m0/s1. The molecule has 3 nitrogen and oxygen atoms in total. The first-order valence-electron chi connectivity index (χ1n) is 8.42. The summed E-state index contributed by atoms with van der Waals surface area (Å²) >= 11 is 1.75. The Labute approximate surface area is 151 Å². The van der Waals surface area contributed by atoms with Crippen LogP contribution < -0.4 is 5.32 Å². The molecule has 0 spiro atoms. The van der Waals surface area contributed by atoms with Crippen LogP contribution in [0, 0.1) is 6.92 Å². The largest absolute Gasteiger partial charge is 0.456 e. The normalized spacial score (nSPS) is 12.6. The molecule has 2 heterocycles. The minimum atomic E-state index is 0.249. The Hall–Kier alpha value is -2.43. The molecule has 4 rings (SSSR count). The quantitative estimate of drug-likeness (QED) is 0.501. The molecule has 0 saturated heterocycles. The topological polar surface area (TPSA) is 38.1 Å². The Balaban J connectivity index is 1.51. The van der Waals surface area contributed by atoms with Gasteiger partial charge in [-0.1, -0.05) is 36.4 Å². The minimum Gasteiger partial charge on any atom is -0.456 e. The number of aryl methyl sites for hydroxylation is 1. The second-order valence-electron chi connectivity index (χ2n) is 6.26. The number of nitrogens with one attached hydrogen (secondary N) is 1. The first kappa shape index (κ1) is 16.1. The van der Waals surface area contributed by atoms with Crippen LogP contribution in [0.3, 0.4) is 0 Å². The molecular formula is C21H20N2OS. The molecule has 25 heavy (non-hydrogen) atoms. The van der Waals surface area contributed by atoms with E-state index in [1.165, 1.54) is 10.4 Å². The molecule has 4 heteroatoms. The molecule has 1 atom stereocenters. The van der Waals surface area contributed by atoms with Gasteiger partial charge in [0.05, 0.1) is 6.04 Å². The van der Waals surface area contributed by atoms with Gasteiger partial charge in [0.15, 0.2) is 0 Å².